The zero-order valence-electron chi connectivity index (χ0n) is 22.3. The van der Waals surface area contributed by atoms with Gasteiger partial charge in [-0.2, -0.15) is 13.2 Å². The molecule has 6 nitrogen and oxygen atoms in total. The van der Waals surface area contributed by atoms with E-state index in [1.165, 1.54) is 7.05 Å². The number of allylic oxidation sites excluding steroid dienone is 2. The molecule has 1 atom stereocenters. The van der Waals surface area contributed by atoms with Gasteiger partial charge in [0.05, 0.1) is 17.7 Å². The zero-order chi connectivity index (χ0) is 28.6. The van der Waals surface area contributed by atoms with Crippen molar-refractivity contribution in [3.05, 3.63) is 46.4 Å². The summed E-state index contributed by atoms with van der Waals surface area (Å²) in [4.78, 5) is 14.4. The van der Waals surface area contributed by atoms with Gasteiger partial charge in [-0.3, -0.25) is 4.99 Å². The average Bonchev–Trinajstić information content (AvgIpc) is 2.80. The first-order chi connectivity index (χ1) is 17.8. The van der Waals surface area contributed by atoms with E-state index < -0.39 is 46.0 Å². The predicted octanol–water partition coefficient (Wildman–Crippen LogP) is 6.93. The van der Waals surface area contributed by atoms with E-state index >= 15 is 8.78 Å². The number of aliphatic imine (C=N–C) groups is 1. The molecule has 0 unspecified atom stereocenters. The van der Waals surface area contributed by atoms with Crippen LogP contribution in [0.2, 0.25) is 5.15 Å². The van der Waals surface area contributed by atoms with Crippen LogP contribution in [0, 0.1) is 11.6 Å². The molecule has 2 rings (SSSR count). The second-order valence-electron chi connectivity index (χ2n) is 9.09. The third-order valence-electron chi connectivity index (χ3n) is 5.49. The molecule has 0 saturated heterocycles. The van der Waals surface area contributed by atoms with Crippen LogP contribution in [-0.4, -0.2) is 67.1 Å². The molecular formula is C26H33ClF5N5O. The van der Waals surface area contributed by atoms with E-state index in [-0.39, 0.29) is 23.9 Å². The maximum Gasteiger partial charge on any atom is 0.408 e. The van der Waals surface area contributed by atoms with Gasteiger partial charge in [0, 0.05) is 25.7 Å². The number of halogens is 6. The highest BCUT2D eigenvalue weighted by Crippen LogP contribution is 2.39. The van der Waals surface area contributed by atoms with Crippen LogP contribution in [0.1, 0.15) is 45.9 Å². The predicted molar refractivity (Wildman–Crippen MR) is 141 cm³/mol. The summed E-state index contributed by atoms with van der Waals surface area (Å²) in [6.45, 7) is 5.65. The van der Waals surface area contributed by atoms with Crippen LogP contribution in [0.4, 0.5) is 27.8 Å². The lowest BCUT2D eigenvalue weighted by atomic mass is 10.0. The van der Waals surface area contributed by atoms with Crippen LogP contribution >= 0.6 is 11.6 Å². The summed E-state index contributed by atoms with van der Waals surface area (Å²) >= 11 is 6.36. The highest BCUT2D eigenvalue weighted by molar-refractivity contribution is 6.33. The molecule has 38 heavy (non-hydrogen) atoms. The standard InChI is InChI=1S/C26H33ClF5N5O/c1-7-9-15(2)12-20(33-4)24-35-23(27)22(25(36-24)34-16(3)26(30,31)32)21-18(28)13-17(14-19(21)29)38-11-8-10-37(5)6/h12-14,16H,7-11H2,1-6H3,(H,34,35,36)/b15-12+,33-20+/t16-/m0/s1. The fraction of sp³-hybridized carbons (Fsp3) is 0.500. The Morgan fingerprint density at radius 1 is 1.18 bits per heavy atom. The lowest BCUT2D eigenvalue weighted by Gasteiger charge is -2.21. The van der Waals surface area contributed by atoms with E-state index in [0.717, 1.165) is 37.5 Å². The van der Waals surface area contributed by atoms with Crippen molar-refractivity contribution in [3.63, 3.8) is 0 Å². The molecule has 1 aromatic carbocycles. The van der Waals surface area contributed by atoms with Gasteiger partial charge in [0.25, 0.3) is 0 Å². The van der Waals surface area contributed by atoms with Crippen molar-refractivity contribution in [3.8, 4) is 16.9 Å². The molecule has 1 aromatic heterocycles. The zero-order valence-corrected chi connectivity index (χ0v) is 23.1. The first-order valence-corrected chi connectivity index (χ1v) is 12.5. The number of nitrogens with one attached hydrogen (secondary N) is 1. The van der Waals surface area contributed by atoms with Crippen molar-refractivity contribution in [2.75, 3.05) is 39.6 Å². The number of anilines is 1. The Hall–Kier alpha value is -2.79. The quantitative estimate of drug-likeness (QED) is 0.132. The SMILES string of the molecule is CCC/C(C)=C/C(=N\C)c1nc(Cl)c(-c2c(F)cc(OCCCN(C)C)cc2F)c(N[C@@H](C)C(F)(F)F)n1. The lowest BCUT2D eigenvalue weighted by Crippen LogP contribution is -2.34. The largest absolute Gasteiger partial charge is 0.493 e. The van der Waals surface area contributed by atoms with Crippen molar-refractivity contribution in [1.29, 1.82) is 0 Å². The van der Waals surface area contributed by atoms with E-state index in [4.69, 9.17) is 16.3 Å². The van der Waals surface area contributed by atoms with Crippen LogP contribution in [-0.2, 0) is 0 Å². The Kier molecular flexibility index (Phi) is 11.4. The Morgan fingerprint density at radius 3 is 2.34 bits per heavy atom. The summed E-state index contributed by atoms with van der Waals surface area (Å²) in [6.07, 6.45) is -0.744. The Morgan fingerprint density at radius 2 is 1.82 bits per heavy atom. The molecule has 0 spiro atoms. The van der Waals surface area contributed by atoms with E-state index in [9.17, 15) is 13.2 Å². The molecule has 0 amide bonds. The van der Waals surface area contributed by atoms with Gasteiger partial charge in [0.15, 0.2) is 5.82 Å². The second-order valence-corrected chi connectivity index (χ2v) is 9.44. The lowest BCUT2D eigenvalue weighted by molar-refractivity contribution is -0.138. The topological polar surface area (TPSA) is 62.6 Å². The normalized spacial score (nSPS) is 13.7. The highest BCUT2D eigenvalue weighted by Gasteiger charge is 2.37. The summed E-state index contributed by atoms with van der Waals surface area (Å²) in [7, 11) is 5.24. The Bertz CT molecular complexity index is 1140. The minimum absolute atomic E-state index is 0.0636. The van der Waals surface area contributed by atoms with Gasteiger partial charge in [-0.1, -0.05) is 30.5 Å². The molecule has 0 bridgehead atoms. The number of alkyl halides is 3. The van der Waals surface area contributed by atoms with Crippen LogP contribution in [0.5, 0.6) is 5.75 Å². The smallest absolute Gasteiger partial charge is 0.408 e. The summed E-state index contributed by atoms with van der Waals surface area (Å²) in [6, 6.07) is -0.208. The third kappa shape index (κ3) is 8.62. The summed E-state index contributed by atoms with van der Waals surface area (Å²) in [5.41, 5.74) is 0.0833. The number of hydrogen-bond acceptors (Lipinski definition) is 6. The monoisotopic (exact) mass is 561 g/mol. The molecule has 12 heteroatoms. The van der Waals surface area contributed by atoms with Crippen LogP contribution < -0.4 is 10.1 Å². The molecule has 1 heterocycles. The molecule has 0 aliphatic carbocycles. The van der Waals surface area contributed by atoms with Crippen LogP contribution in [0.15, 0.2) is 28.8 Å². The number of nitrogens with zero attached hydrogens (tertiary/aromatic N) is 4. The van der Waals surface area contributed by atoms with Gasteiger partial charge in [-0.25, -0.2) is 18.7 Å². The minimum Gasteiger partial charge on any atom is -0.493 e. The average molecular weight is 562 g/mol. The van der Waals surface area contributed by atoms with Crippen LogP contribution in [0.25, 0.3) is 11.1 Å². The molecule has 0 fully saturated rings. The number of hydrogen-bond donors (Lipinski definition) is 1. The van der Waals surface area contributed by atoms with E-state index in [1.807, 2.05) is 32.8 Å². The number of aromatic nitrogens is 2. The fourth-order valence-electron chi connectivity index (χ4n) is 3.53. The van der Waals surface area contributed by atoms with Crippen LogP contribution in [0.3, 0.4) is 0 Å². The Labute approximate surface area is 225 Å². The molecule has 2 aromatic rings. The highest BCUT2D eigenvalue weighted by atomic mass is 35.5. The first kappa shape index (κ1) is 31.4. The maximum absolute atomic E-state index is 15.2. The van der Waals surface area contributed by atoms with E-state index in [2.05, 4.69) is 20.3 Å². The van der Waals surface area contributed by atoms with Crippen molar-refractivity contribution >= 4 is 23.1 Å². The summed E-state index contributed by atoms with van der Waals surface area (Å²) < 4.78 is 76.1. The molecule has 1 N–H and O–H groups in total. The maximum atomic E-state index is 15.2. The van der Waals surface area contributed by atoms with Gasteiger partial charge in [0.2, 0.25) is 0 Å². The molecule has 0 saturated carbocycles. The molecule has 0 aliphatic rings. The van der Waals surface area contributed by atoms with Gasteiger partial charge in [-0.05, 0) is 46.9 Å². The van der Waals surface area contributed by atoms with Gasteiger partial charge in [-0.15, -0.1) is 0 Å². The Balaban J connectivity index is 2.61. The van der Waals surface area contributed by atoms with Gasteiger partial charge in [0.1, 0.15) is 40.1 Å². The summed E-state index contributed by atoms with van der Waals surface area (Å²) in [5, 5.41) is 1.77. The number of rotatable bonds is 12. The van der Waals surface area contributed by atoms with Crippen molar-refractivity contribution in [1.82, 2.24) is 14.9 Å². The van der Waals surface area contributed by atoms with Crippen molar-refractivity contribution in [2.45, 2.75) is 52.3 Å². The number of ether oxygens (including phenoxy) is 1. The molecular weight excluding hydrogens is 529 g/mol. The van der Waals surface area contributed by atoms with Gasteiger partial charge < -0.3 is 15.0 Å². The molecule has 0 aliphatic heterocycles. The summed E-state index contributed by atoms with van der Waals surface area (Å²) in [5.74, 6) is -2.81. The van der Waals surface area contributed by atoms with Crippen molar-refractivity contribution in [2.24, 2.45) is 4.99 Å². The van der Waals surface area contributed by atoms with Crippen molar-refractivity contribution < 1.29 is 26.7 Å². The van der Waals surface area contributed by atoms with E-state index in [0.29, 0.717) is 13.0 Å². The molecule has 0 radical (unpaired) electrons. The molecule has 210 valence electrons. The van der Waals surface area contributed by atoms with E-state index in [1.54, 1.807) is 6.08 Å². The number of benzene rings is 1. The first-order valence-electron chi connectivity index (χ1n) is 12.1. The van der Waals surface area contributed by atoms with Gasteiger partial charge >= 0.3 is 6.18 Å². The second kappa shape index (κ2) is 13.8. The minimum atomic E-state index is -4.67. The third-order valence-corrected chi connectivity index (χ3v) is 5.76. The fourth-order valence-corrected chi connectivity index (χ4v) is 3.80.